The zero-order chi connectivity index (χ0) is 9.35. The van der Waals surface area contributed by atoms with Crippen LogP contribution in [0.1, 0.15) is 5.56 Å². The second-order valence-electron chi connectivity index (χ2n) is 2.46. The summed E-state index contributed by atoms with van der Waals surface area (Å²) in [7, 11) is 0. The molecule has 0 aromatic heterocycles. The molecule has 0 radical (unpaired) electrons. The second-order valence-corrected chi connectivity index (χ2v) is 2.46. The molecule has 1 aromatic carbocycles. The molecule has 0 spiro atoms. The van der Waals surface area contributed by atoms with Crippen molar-refractivity contribution >= 4 is 22.0 Å². The van der Waals surface area contributed by atoms with E-state index in [2.05, 4.69) is 0 Å². The fourth-order valence-corrected chi connectivity index (χ4v) is 0.769. The average molecular weight is 170 g/mol. The van der Waals surface area contributed by atoms with Gasteiger partial charge in [0.05, 0.1) is 0 Å². The summed E-state index contributed by atoms with van der Waals surface area (Å²) in [5.41, 5.74) is -0.953. The number of halogens is 4. The molecule has 0 N–H and O–H groups in total. The van der Waals surface area contributed by atoms with Crippen molar-refractivity contribution in [2.24, 2.45) is 0 Å². The van der Waals surface area contributed by atoms with E-state index in [1.807, 2.05) is 0 Å². The molecule has 0 atom stereocenters. The molecule has 0 saturated carbocycles. The summed E-state index contributed by atoms with van der Waals surface area (Å²) < 4.78 is 48.6. The van der Waals surface area contributed by atoms with Crippen molar-refractivity contribution in [3.63, 3.8) is 0 Å². The van der Waals surface area contributed by atoms with E-state index in [1.54, 1.807) is 0 Å². The first kappa shape index (κ1) is 9.62. The Morgan fingerprint density at radius 1 is 1.17 bits per heavy atom. The zero-order valence-electron chi connectivity index (χ0n) is 6.24. The van der Waals surface area contributed by atoms with E-state index in [4.69, 9.17) is 0 Å². The Bertz CT molecular complexity index is 292. The van der Waals surface area contributed by atoms with Gasteiger partial charge in [0.15, 0.2) is 0 Å². The molecule has 1 aromatic rings. The Hall–Kier alpha value is -0.463. The van der Waals surface area contributed by atoms with Gasteiger partial charge in [0.25, 0.3) is 0 Å². The van der Waals surface area contributed by atoms with Crippen molar-refractivity contribution in [2.75, 3.05) is 0 Å². The number of benzene rings is 1. The van der Waals surface area contributed by atoms with E-state index in [0.717, 1.165) is 12.1 Å². The van der Waals surface area contributed by atoms with Crippen molar-refractivity contribution in [1.82, 2.24) is 0 Å². The summed E-state index contributed by atoms with van der Waals surface area (Å²) in [6.07, 6.45) is -4.46. The van der Waals surface area contributed by atoms with Crippen molar-refractivity contribution in [1.29, 1.82) is 0 Å². The molecule has 0 unspecified atom stereocenters. The van der Waals surface area contributed by atoms with Crippen molar-refractivity contribution in [3.8, 4) is 0 Å². The summed E-state index contributed by atoms with van der Waals surface area (Å²) in [5, 5.41) is 0. The summed E-state index contributed by atoms with van der Waals surface area (Å²) in [5.74, 6) is -0.829. The standard InChI is InChI=1S/C7H3F4.Li/c8-6-3-1-2-5(4-6)7(9,10)11;/h1-2,4H;. The topological polar surface area (TPSA) is 0 Å². The van der Waals surface area contributed by atoms with Gasteiger partial charge in [-0.3, -0.25) is 0 Å². The molecule has 0 aliphatic rings. The predicted molar refractivity (Wildman–Crippen MR) is 36.8 cm³/mol. The third-order valence-electron chi connectivity index (χ3n) is 1.50. The van der Waals surface area contributed by atoms with E-state index in [0.29, 0.717) is 6.07 Å². The van der Waals surface area contributed by atoms with Crippen molar-refractivity contribution in [3.05, 3.63) is 29.6 Å². The van der Waals surface area contributed by atoms with Crippen LogP contribution in [0.25, 0.3) is 0 Å². The van der Waals surface area contributed by atoms with Crippen molar-refractivity contribution in [2.45, 2.75) is 6.18 Å². The monoisotopic (exact) mass is 170 g/mol. The maximum atomic E-state index is 12.6. The first-order valence-electron chi connectivity index (χ1n) is 3.24. The molecule has 0 nitrogen and oxygen atoms in total. The van der Waals surface area contributed by atoms with Gasteiger partial charge in [-0.2, -0.15) is 0 Å². The molecule has 0 bridgehead atoms. The minimum absolute atomic E-state index is 0.211. The van der Waals surface area contributed by atoms with Crippen LogP contribution in [0, 0.1) is 5.82 Å². The van der Waals surface area contributed by atoms with Gasteiger partial charge in [-0.25, -0.2) is 0 Å². The van der Waals surface area contributed by atoms with E-state index in [-0.39, 0.29) is 4.24 Å². The van der Waals surface area contributed by atoms with Crippen LogP contribution in [-0.2, 0) is 6.18 Å². The number of rotatable bonds is 0. The van der Waals surface area contributed by atoms with Crippen LogP contribution in [0.2, 0.25) is 0 Å². The molecule has 0 aliphatic carbocycles. The molecule has 0 aliphatic heterocycles. The maximum absolute atomic E-state index is 12.6. The molecular formula is C7H3F4Li. The van der Waals surface area contributed by atoms with Crippen LogP contribution in [0.4, 0.5) is 17.6 Å². The SMILES string of the molecule is [Li][c]1ccc(C(F)(F)F)cc1F. The summed E-state index contributed by atoms with van der Waals surface area (Å²) in [4.78, 5) is 0. The fourth-order valence-electron chi connectivity index (χ4n) is 0.769. The van der Waals surface area contributed by atoms with E-state index in [9.17, 15) is 17.6 Å². The van der Waals surface area contributed by atoms with Gasteiger partial charge < -0.3 is 0 Å². The Labute approximate surface area is 75.8 Å². The molecule has 12 heavy (non-hydrogen) atoms. The molecule has 0 saturated heterocycles. The number of alkyl halides is 3. The Morgan fingerprint density at radius 3 is 2.17 bits per heavy atom. The molecule has 0 heterocycles. The Kier molecular flexibility index (Phi) is 2.50. The summed E-state index contributed by atoms with van der Waals surface area (Å²) >= 11 is 1.41. The third kappa shape index (κ3) is 2.02. The van der Waals surface area contributed by atoms with Crippen LogP contribution in [0.15, 0.2) is 18.2 Å². The fraction of sp³-hybridized carbons (Fsp3) is 0.143. The van der Waals surface area contributed by atoms with Crippen LogP contribution >= 0.6 is 0 Å². The first-order chi connectivity index (χ1) is 5.41. The van der Waals surface area contributed by atoms with Gasteiger partial charge in [0.2, 0.25) is 0 Å². The van der Waals surface area contributed by atoms with Gasteiger partial charge in [-0.15, -0.1) is 0 Å². The Balaban J connectivity index is 3.14. The minimum atomic E-state index is -4.46. The number of hydrogen-bond donors (Lipinski definition) is 0. The molecule has 0 fully saturated rings. The first-order valence-corrected chi connectivity index (χ1v) is 3.24. The van der Waals surface area contributed by atoms with Gasteiger partial charge >= 0.3 is 75.3 Å². The van der Waals surface area contributed by atoms with Gasteiger partial charge in [-0.1, -0.05) is 0 Å². The van der Waals surface area contributed by atoms with Crippen LogP contribution < -0.4 is 4.24 Å². The van der Waals surface area contributed by atoms with Gasteiger partial charge in [0.1, 0.15) is 0 Å². The summed E-state index contributed by atoms with van der Waals surface area (Å²) in [6.45, 7) is 0. The molecular weight excluding hydrogens is 167 g/mol. The molecule has 60 valence electrons. The summed E-state index contributed by atoms with van der Waals surface area (Å²) in [6, 6.07) is 2.46. The predicted octanol–water partition coefficient (Wildman–Crippen LogP) is 1.64. The van der Waals surface area contributed by atoms with E-state index in [1.165, 1.54) is 17.7 Å². The van der Waals surface area contributed by atoms with Gasteiger partial charge in [-0.05, 0) is 0 Å². The van der Waals surface area contributed by atoms with Crippen LogP contribution in [0.5, 0.6) is 0 Å². The van der Waals surface area contributed by atoms with Crippen LogP contribution in [0.3, 0.4) is 0 Å². The second kappa shape index (κ2) is 3.12. The number of hydrogen-bond acceptors (Lipinski definition) is 0. The normalized spacial score (nSPS) is 11.8. The molecule has 1 rings (SSSR count). The zero-order valence-corrected chi connectivity index (χ0v) is 6.24. The third-order valence-corrected chi connectivity index (χ3v) is 1.50. The van der Waals surface area contributed by atoms with Crippen LogP contribution in [-0.4, -0.2) is 17.7 Å². The molecule has 0 amide bonds. The van der Waals surface area contributed by atoms with Crippen molar-refractivity contribution < 1.29 is 17.6 Å². The average Bonchev–Trinajstić information content (AvgIpc) is 1.92. The van der Waals surface area contributed by atoms with E-state index >= 15 is 0 Å². The Morgan fingerprint density at radius 2 is 1.75 bits per heavy atom. The molecule has 5 heteroatoms. The van der Waals surface area contributed by atoms with Gasteiger partial charge in [0, 0.05) is 0 Å². The quantitative estimate of drug-likeness (QED) is 0.410. The van der Waals surface area contributed by atoms with E-state index < -0.39 is 17.6 Å².